The number of aryl methyl sites for hydroxylation is 1. The Balaban J connectivity index is 1.93. The summed E-state index contributed by atoms with van der Waals surface area (Å²) < 4.78 is 0.563. The highest BCUT2D eigenvalue weighted by Crippen LogP contribution is 2.17. The molecule has 0 fully saturated rings. The average Bonchev–Trinajstić information content (AvgIpc) is 2.63. The quantitative estimate of drug-likeness (QED) is 0.632. The SMILES string of the molecule is CCCCCCCCCc1nnc(Cl)s1. The smallest absolute Gasteiger partial charge is 0.142 e. The van der Waals surface area contributed by atoms with Gasteiger partial charge in [0, 0.05) is 6.42 Å². The zero-order chi connectivity index (χ0) is 10.9. The fourth-order valence-electron chi connectivity index (χ4n) is 1.57. The highest BCUT2D eigenvalue weighted by molar-refractivity contribution is 7.15. The molecule has 0 aliphatic heterocycles. The molecule has 15 heavy (non-hydrogen) atoms. The maximum Gasteiger partial charge on any atom is 0.207 e. The van der Waals surface area contributed by atoms with Crippen LogP contribution in [0.2, 0.25) is 4.47 Å². The number of nitrogens with zero attached hydrogens (tertiary/aromatic N) is 2. The summed E-state index contributed by atoms with van der Waals surface area (Å²) in [5.41, 5.74) is 0. The van der Waals surface area contributed by atoms with Crippen LogP contribution >= 0.6 is 22.9 Å². The minimum atomic E-state index is 0.563. The van der Waals surface area contributed by atoms with Gasteiger partial charge in [0.1, 0.15) is 5.01 Å². The first kappa shape index (κ1) is 12.9. The predicted octanol–water partition coefficient (Wildman–Crippen LogP) is 4.48. The maximum atomic E-state index is 5.70. The van der Waals surface area contributed by atoms with Gasteiger partial charge in [-0.1, -0.05) is 56.8 Å². The van der Waals surface area contributed by atoms with Crippen LogP contribution in [0.5, 0.6) is 0 Å². The van der Waals surface area contributed by atoms with Crippen molar-refractivity contribution in [2.75, 3.05) is 0 Å². The number of rotatable bonds is 8. The molecule has 0 spiro atoms. The summed E-state index contributed by atoms with van der Waals surface area (Å²) in [5.74, 6) is 0. The van der Waals surface area contributed by atoms with Gasteiger partial charge in [0.2, 0.25) is 4.47 Å². The van der Waals surface area contributed by atoms with Crippen LogP contribution in [0.3, 0.4) is 0 Å². The first-order chi connectivity index (χ1) is 7.33. The second-order valence-corrected chi connectivity index (χ2v) is 5.46. The molecule has 0 aromatic carbocycles. The Bertz CT molecular complexity index is 263. The molecule has 1 aromatic heterocycles. The van der Waals surface area contributed by atoms with Crippen molar-refractivity contribution in [2.45, 2.75) is 58.3 Å². The van der Waals surface area contributed by atoms with Crippen LogP contribution in [0.4, 0.5) is 0 Å². The minimum absolute atomic E-state index is 0.563. The Morgan fingerprint density at radius 3 is 2.27 bits per heavy atom. The topological polar surface area (TPSA) is 25.8 Å². The standard InChI is InChI=1S/C11H19ClN2S/c1-2-3-4-5-6-7-8-9-10-13-14-11(12)15-10/h2-9H2,1H3. The Hall–Kier alpha value is -0.150. The van der Waals surface area contributed by atoms with Gasteiger partial charge >= 0.3 is 0 Å². The molecule has 0 atom stereocenters. The van der Waals surface area contributed by atoms with E-state index in [4.69, 9.17) is 11.6 Å². The van der Waals surface area contributed by atoms with Gasteiger partial charge in [-0.2, -0.15) is 0 Å². The Kier molecular flexibility index (Phi) is 6.94. The van der Waals surface area contributed by atoms with Crippen molar-refractivity contribution in [2.24, 2.45) is 0 Å². The van der Waals surface area contributed by atoms with E-state index in [1.807, 2.05) is 0 Å². The van der Waals surface area contributed by atoms with Crippen molar-refractivity contribution in [3.63, 3.8) is 0 Å². The van der Waals surface area contributed by atoms with Crippen LogP contribution in [0.15, 0.2) is 0 Å². The van der Waals surface area contributed by atoms with Gasteiger partial charge in [0.05, 0.1) is 0 Å². The molecule has 0 radical (unpaired) electrons. The lowest BCUT2D eigenvalue weighted by atomic mass is 10.1. The number of hydrogen-bond acceptors (Lipinski definition) is 3. The van der Waals surface area contributed by atoms with E-state index >= 15 is 0 Å². The molecule has 1 rings (SSSR count). The van der Waals surface area contributed by atoms with Crippen molar-refractivity contribution in [1.29, 1.82) is 0 Å². The van der Waals surface area contributed by atoms with Crippen LogP contribution < -0.4 is 0 Å². The summed E-state index contributed by atoms with van der Waals surface area (Å²) in [4.78, 5) is 0. The molecular weight excluding hydrogens is 228 g/mol. The van der Waals surface area contributed by atoms with Gasteiger partial charge < -0.3 is 0 Å². The number of aromatic nitrogens is 2. The van der Waals surface area contributed by atoms with E-state index in [1.54, 1.807) is 0 Å². The van der Waals surface area contributed by atoms with E-state index in [2.05, 4.69) is 17.1 Å². The van der Waals surface area contributed by atoms with Crippen LogP contribution in [0, 0.1) is 0 Å². The van der Waals surface area contributed by atoms with Gasteiger partial charge in [0.25, 0.3) is 0 Å². The summed E-state index contributed by atoms with van der Waals surface area (Å²) >= 11 is 7.21. The molecule has 86 valence electrons. The number of hydrogen-bond donors (Lipinski definition) is 0. The molecule has 1 aromatic rings. The number of unbranched alkanes of at least 4 members (excludes halogenated alkanes) is 6. The molecule has 0 amide bonds. The lowest BCUT2D eigenvalue weighted by molar-refractivity contribution is 0.588. The number of halogens is 1. The average molecular weight is 247 g/mol. The van der Waals surface area contributed by atoms with Gasteiger partial charge in [-0.05, 0) is 18.0 Å². The second-order valence-electron chi connectivity index (χ2n) is 3.82. The van der Waals surface area contributed by atoms with Gasteiger partial charge in [-0.3, -0.25) is 0 Å². The van der Waals surface area contributed by atoms with E-state index < -0.39 is 0 Å². The first-order valence-electron chi connectivity index (χ1n) is 5.81. The van der Waals surface area contributed by atoms with Gasteiger partial charge in [0.15, 0.2) is 0 Å². The lowest BCUT2D eigenvalue weighted by Crippen LogP contribution is -1.85. The van der Waals surface area contributed by atoms with E-state index in [9.17, 15) is 0 Å². The second kappa shape index (κ2) is 8.05. The van der Waals surface area contributed by atoms with E-state index in [0.717, 1.165) is 11.4 Å². The highest BCUT2D eigenvalue weighted by atomic mass is 35.5. The third kappa shape index (κ3) is 6.10. The van der Waals surface area contributed by atoms with Crippen LogP contribution in [-0.4, -0.2) is 10.2 Å². The molecule has 0 unspecified atom stereocenters. The van der Waals surface area contributed by atoms with Crippen LogP contribution in [-0.2, 0) is 6.42 Å². The molecule has 0 saturated heterocycles. The Labute approximate surface area is 101 Å². The molecule has 2 nitrogen and oxygen atoms in total. The van der Waals surface area contributed by atoms with Crippen LogP contribution in [0.25, 0.3) is 0 Å². The summed E-state index contributed by atoms with van der Waals surface area (Å²) in [7, 11) is 0. The molecule has 0 aliphatic rings. The van der Waals surface area contributed by atoms with E-state index in [1.165, 1.54) is 56.3 Å². The summed E-state index contributed by atoms with van der Waals surface area (Å²) in [6.07, 6.45) is 10.4. The summed E-state index contributed by atoms with van der Waals surface area (Å²) in [5, 5.41) is 8.87. The van der Waals surface area contributed by atoms with Crippen molar-refractivity contribution >= 4 is 22.9 Å². The Morgan fingerprint density at radius 1 is 1.00 bits per heavy atom. The predicted molar refractivity (Wildman–Crippen MR) is 66.6 cm³/mol. The zero-order valence-corrected chi connectivity index (χ0v) is 10.9. The highest BCUT2D eigenvalue weighted by Gasteiger charge is 2.00. The fraction of sp³-hybridized carbons (Fsp3) is 0.818. The van der Waals surface area contributed by atoms with Crippen LogP contribution in [0.1, 0.15) is 56.9 Å². The molecule has 0 aliphatic carbocycles. The monoisotopic (exact) mass is 246 g/mol. The molecule has 0 bridgehead atoms. The third-order valence-corrected chi connectivity index (χ3v) is 3.51. The molecular formula is C11H19ClN2S. The normalized spacial score (nSPS) is 10.8. The van der Waals surface area contributed by atoms with Crippen molar-refractivity contribution in [3.8, 4) is 0 Å². The molecule has 0 N–H and O–H groups in total. The Morgan fingerprint density at radius 2 is 1.67 bits per heavy atom. The fourth-order valence-corrected chi connectivity index (χ4v) is 2.48. The molecule has 1 heterocycles. The molecule has 4 heteroatoms. The lowest BCUT2D eigenvalue weighted by Gasteiger charge is -1.99. The van der Waals surface area contributed by atoms with Gasteiger partial charge in [-0.25, -0.2) is 0 Å². The summed E-state index contributed by atoms with van der Waals surface area (Å²) in [6, 6.07) is 0. The van der Waals surface area contributed by atoms with E-state index in [-0.39, 0.29) is 0 Å². The minimum Gasteiger partial charge on any atom is -0.142 e. The third-order valence-electron chi connectivity index (χ3n) is 2.44. The first-order valence-corrected chi connectivity index (χ1v) is 7.00. The largest absolute Gasteiger partial charge is 0.207 e. The van der Waals surface area contributed by atoms with Gasteiger partial charge in [-0.15, -0.1) is 10.2 Å². The van der Waals surface area contributed by atoms with Crippen molar-refractivity contribution < 1.29 is 0 Å². The van der Waals surface area contributed by atoms with Crippen molar-refractivity contribution in [1.82, 2.24) is 10.2 Å². The molecule has 0 saturated carbocycles. The maximum absolute atomic E-state index is 5.70. The summed E-state index contributed by atoms with van der Waals surface area (Å²) in [6.45, 7) is 2.25. The van der Waals surface area contributed by atoms with Crippen molar-refractivity contribution in [3.05, 3.63) is 9.47 Å². The van der Waals surface area contributed by atoms with E-state index in [0.29, 0.717) is 4.47 Å². The zero-order valence-electron chi connectivity index (χ0n) is 9.34.